The molecule has 0 amide bonds. The molecule has 39 heavy (non-hydrogen) atoms. The van der Waals surface area contributed by atoms with E-state index in [1.54, 1.807) is 0 Å². The predicted octanol–water partition coefficient (Wildman–Crippen LogP) is 8.30. The Bertz CT molecular complexity index is 1620. The first-order valence-electron chi connectivity index (χ1n) is 14.0. The number of halogens is 1. The van der Waals surface area contributed by atoms with Crippen molar-refractivity contribution in [2.45, 2.75) is 57.6 Å². The summed E-state index contributed by atoms with van der Waals surface area (Å²) in [6, 6.07) is 15.2. The first-order valence-corrected chi connectivity index (χ1v) is 14.8. The van der Waals surface area contributed by atoms with Gasteiger partial charge in [-0.15, -0.1) is 0 Å². The second-order valence-electron chi connectivity index (χ2n) is 12.7. The summed E-state index contributed by atoms with van der Waals surface area (Å²) < 4.78 is 8.37. The maximum atomic E-state index is 7.31. The van der Waals surface area contributed by atoms with Crippen LogP contribution in [0.3, 0.4) is 0 Å². The summed E-state index contributed by atoms with van der Waals surface area (Å²) in [7, 11) is 4.45. The Morgan fingerprint density at radius 3 is 2.64 bits per heavy atom. The molecule has 1 aromatic heterocycles. The average molecular weight is 583 g/mol. The number of likely N-dealkylation sites (tertiary alicyclic amines) is 1. The number of allylic oxidation sites excluding steroid dienone is 6. The Balaban J connectivity index is 1.47. The van der Waals surface area contributed by atoms with E-state index in [9.17, 15) is 0 Å². The number of benzene rings is 2. The first-order chi connectivity index (χ1) is 18.6. The lowest BCUT2D eigenvalue weighted by Gasteiger charge is -2.51. The van der Waals surface area contributed by atoms with E-state index in [0.29, 0.717) is 5.92 Å². The number of para-hydroxylation sites is 1. The molecule has 0 N–H and O–H groups in total. The summed E-state index contributed by atoms with van der Waals surface area (Å²) >= 11 is 3.88. The molecule has 3 aromatic rings. The molecule has 3 atom stereocenters. The van der Waals surface area contributed by atoms with Crippen LogP contribution in [0.2, 0.25) is 0 Å². The van der Waals surface area contributed by atoms with Crippen LogP contribution in [0.25, 0.3) is 10.9 Å². The van der Waals surface area contributed by atoms with Gasteiger partial charge in [0.05, 0.1) is 5.41 Å². The molecule has 5 heteroatoms. The molecule has 3 unspecified atom stereocenters. The van der Waals surface area contributed by atoms with Crippen molar-refractivity contribution in [1.82, 2.24) is 9.88 Å². The van der Waals surface area contributed by atoms with Crippen molar-refractivity contribution < 1.29 is 4.74 Å². The van der Waals surface area contributed by atoms with Crippen LogP contribution in [0, 0.1) is 11.3 Å². The number of likely N-dealkylation sites (N-methyl/N-ethyl adjacent to an activating group) is 1. The van der Waals surface area contributed by atoms with Crippen molar-refractivity contribution in [3.8, 4) is 5.75 Å². The Hall–Kier alpha value is -3.05. The van der Waals surface area contributed by atoms with Crippen molar-refractivity contribution in [2.24, 2.45) is 11.3 Å². The van der Waals surface area contributed by atoms with Crippen LogP contribution in [0.4, 0.5) is 5.69 Å². The van der Waals surface area contributed by atoms with E-state index in [4.69, 9.17) is 9.72 Å². The Labute approximate surface area is 240 Å². The number of ether oxygens (including phenoxy) is 1. The lowest BCUT2D eigenvalue weighted by Crippen LogP contribution is -2.61. The summed E-state index contributed by atoms with van der Waals surface area (Å²) in [4.78, 5) is 9.72. The van der Waals surface area contributed by atoms with Crippen molar-refractivity contribution in [3.63, 3.8) is 0 Å². The normalized spacial score (nSPS) is 28.9. The number of pyridine rings is 1. The molecular formula is C34H36BrN3O. The fourth-order valence-electron chi connectivity index (χ4n) is 7.95. The highest BCUT2D eigenvalue weighted by molar-refractivity contribution is 9.10. The molecule has 0 radical (unpaired) electrons. The molecule has 4 nitrogen and oxygen atoms in total. The minimum Gasteiger partial charge on any atom is -0.464 e. The van der Waals surface area contributed by atoms with Crippen LogP contribution >= 0.6 is 15.9 Å². The second-order valence-corrected chi connectivity index (χ2v) is 13.6. The molecule has 4 aliphatic rings. The third kappa shape index (κ3) is 3.20. The summed E-state index contributed by atoms with van der Waals surface area (Å²) in [6.07, 6.45) is 13.2. The molecule has 4 heterocycles. The van der Waals surface area contributed by atoms with Gasteiger partial charge in [0.2, 0.25) is 0 Å². The first kappa shape index (κ1) is 25.0. The van der Waals surface area contributed by atoms with E-state index in [1.165, 1.54) is 28.2 Å². The van der Waals surface area contributed by atoms with Gasteiger partial charge in [-0.3, -0.25) is 4.98 Å². The lowest BCUT2D eigenvalue weighted by molar-refractivity contribution is -0.00930. The molecule has 0 bridgehead atoms. The predicted molar refractivity (Wildman–Crippen MR) is 163 cm³/mol. The van der Waals surface area contributed by atoms with Gasteiger partial charge in [0.1, 0.15) is 5.52 Å². The van der Waals surface area contributed by atoms with Gasteiger partial charge in [0.15, 0.2) is 11.5 Å². The molecule has 7 rings (SSSR count). The molecule has 1 fully saturated rings. The molecule has 1 aliphatic carbocycles. The SMILES string of the molecule is CN1C2=CC=CCC2C(C)(C)/C1=C/C1CC2(Oc3c1cc(Br)c1cccnc31)N(C)c1ccccc1C2(C)C. The van der Waals surface area contributed by atoms with Crippen LogP contribution in [0.1, 0.15) is 57.6 Å². The molecule has 3 aliphatic heterocycles. The number of hydrogen-bond acceptors (Lipinski definition) is 4. The highest BCUT2D eigenvalue weighted by Crippen LogP contribution is 2.60. The zero-order valence-electron chi connectivity index (χ0n) is 23.6. The van der Waals surface area contributed by atoms with Crippen LogP contribution in [0.15, 0.2) is 88.8 Å². The maximum Gasteiger partial charge on any atom is 0.193 e. The summed E-state index contributed by atoms with van der Waals surface area (Å²) in [5.41, 5.74) is 6.75. The van der Waals surface area contributed by atoms with Gasteiger partial charge in [-0.25, -0.2) is 0 Å². The molecule has 0 saturated carbocycles. The number of hydrogen-bond donors (Lipinski definition) is 0. The second kappa shape index (κ2) is 8.23. The van der Waals surface area contributed by atoms with Crippen LogP contribution < -0.4 is 9.64 Å². The highest BCUT2D eigenvalue weighted by Gasteiger charge is 2.61. The number of anilines is 1. The molecule has 200 valence electrons. The zero-order chi connectivity index (χ0) is 27.3. The summed E-state index contributed by atoms with van der Waals surface area (Å²) in [6.45, 7) is 9.51. The van der Waals surface area contributed by atoms with E-state index in [0.717, 1.165) is 34.0 Å². The maximum absolute atomic E-state index is 7.31. The number of aromatic nitrogens is 1. The molecule has 1 saturated heterocycles. The van der Waals surface area contributed by atoms with E-state index >= 15 is 0 Å². The smallest absolute Gasteiger partial charge is 0.193 e. The molecule has 1 spiro atoms. The van der Waals surface area contributed by atoms with E-state index < -0.39 is 5.72 Å². The standard InChI is InChI=1S/C34H36BrN3O/c1-32(2)24-13-7-9-15-27(24)37(5)29(32)18-21-20-34(33(3,4)25-14-8-10-16-28(25)38(34)6)39-31-23(21)19-26(35)22-12-11-17-36-30(22)31/h7-12,14-19,21,24H,13,20H2,1-6H3/b29-18-. The fourth-order valence-corrected chi connectivity index (χ4v) is 8.51. The van der Waals surface area contributed by atoms with E-state index in [-0.39, 0.29) is 16.7 Å². The third-order valence-corrected chi connectivity index (χ3v) is 10.9. The zero-order valence-corrected chi connectivity index (χ0v) is 25.2. The fraction of sp³-hybridized carbons (Fsp3) is 0.382. The van der Waals surface area contributed by atoms with Crippen LogP contribution in [-0.4, -0.2) is 29.7 Å². The van der Waals surface area contributed by atoms with Gasteiger partial charge in [-0.05, 0) is 50.1 Å². The van der Waals surface area contributed by atoms with Gasteiger partial charge in [0.25, 0.3) is 0 Å². The Morgan fingerprint density at radius 1 is 1.08 bits per heavy atom. The Morgan fingerprint density at radius 2 is 1.87 bits per heavy atom. The van der Waals surface area contributed by atoms with E-state index in [1.807, 2.05) is 12.3 Å². The topological polar surface area (TPSA) is 28.6 Å². The van der Waals surface area contributed by atoms with Crippen LogP contribution in [-0.2, 0) is 5.41 Å². The third-order valence-electron chi connectivity index (χ3n) is 10.2. The number of fused-ring (bicyclic) bond motifs is 5. The van der Waals surface area contributed by atoms with Gasteiger partial charge in [-0.2, -0.15) is 0 Å². The minimum absolute atomic E-state index is 0.0311. The van der Waals surface area contributed by atoms with Crippen LogP contribution in [0.5, 0.6) is 5.75 Å². The van der Waals surface area contributed by atoms with Crippen molar-refractivity contribution in [3.05, 3.63) is 100.0 Å². The monoisotopic (exact) mass is 581 g/mol. The largest absolute Gasteiger partial charge is 0.464 e. The summed E-state index contributed by atoms with van der Waals surface area (Å²) in [5.74, 6) is 1.55. The minimum atomic E-state index is -0.557. The summed E-state index contributed by atoms with van der Waals surface area (Å²) in [5, 5.41) is 1.08. The average Bonchev–Trinajstić information content (AvgIpc) is 3.22. The van der Waals surface area contributed by atoms with E-state index in [2.05, 4.69) is 128 Å². The molecular weight excluding hydrogens is 546 g/mol. The van der Waals surface area contributed by atoms with Crippen molar-refractivity contribution in [1.29, 1.82) is 0 Å². The quantitative estimate of drug-likeness (QED) is 0.289. The number of rotatable bonds is 1. The van der Waals surface area contributed by atoms with Gasteiger partial charge >= 0.3 is 0 Å². The molecule has 2 aromatic carbocycles. The highest BCUT2D eigenvalue weighted by atomic mass is 79.9. The van der Waals surface area contributed by atoms with Crippen molar-refractivity contribution in [2.75, 3.05) is 19.0 Å². The van der Waals surface area contributed by atoms with Crippen molar-refractivity contribution >= 4 is 32.5 Å². The Kier molecular flexibility index (Phi) is 5.27. The van der Waals surface area contributed by atoms with Gasteiger partial charge in [0, 0.05) is 76.5 Å². The lowest BCUT2D eigenvalue weighted by atomic mass is 9.70. The number of nitrogens with zero attached hydrogens (tertiary/aromatic N) is 3. The van der Waals surface area contributed by atoms with Gasteiger partial charge < -0.3 is 14.5 Å². The van der Waals surface area contributed by atoms with Gasteiger partial charge in [-0.1, -0.05) is 72.3 Å².